The number of amides is 1. The summed E-state index contributed by atoms with van der Waals surface area (Å²) in [7, 11) is 4.18. The molecule has 3 aromatic heterocycles. The van der Waals surface area contributed by atoms with E-state index in [1.165, 1.54) is 6.92 Å². The molecule has 0 bridgehead atoms. The van der Waals surface area contributed by atoms with Gasteiger partial charge in [0.05, 0.1) is 10.9 Å². The van der Waals surface area contributed by atoms with Crippen molar-refractivity contribution in [3.8, 4) is 5.82 Å². The average Bonchev–Trinajstić information content (AvgIpc) is 3.40. The Morgan fingerprint density at radius 1 is 1.26 bits per heavy atom. The van der Waals surface area contributed by atoms with Gasteiger partial charge in [0, 0.05) is 56.5 Å². The molecule has 1 atom stereocenters. The van der Waals surface area contributed by atoms with Crippen molar-refractivity contribution >= 4 is 28.4 Å². The number of aryl methyl sites for hydroxylation is 1. The second kappa shape index (κ2) is 9.10. The van der Waals surface area contributed by atoms with Crippen LogP contribution < -0.4 is 10.2 Å². The molecule has 11 heteroatoms. The van der Waals surface area contributed by atoms with E-state index >= 15 is 0 Å². The van der Waals surface area contributed by atoms with Gasteiger partial charge >= 0.3 is 5.92 Å². The van der Waals surface area contributed by atoms with E-state index in [4.69, 9.17) is 5.10 Å². The molecule has 9 nitrogen and oxygen atoms in total. The van der Waals surface area contributed by atoms with Crippen molar-refractivity contribution < 1.29 is 13.6 Å². The molecule has 35 heavy (non-hydrogen) atoms. The Hall–Kier alpha value is -3.21. The van der Waals surface area contributed by atoms with Gasteiger partial charge < -0.3 is 15.1 Å². The van der Waals surface area contributed by atoms with Gasteiger partial charge in [0.25, 0.3) is 0 Å². The number of carbonyl (C=O) groups excluding carboxylic acids is 1. The zero-order chi connectivity index (χ0) is 25.5. The molecule has 0 spiro atoms. The van der Waals surface area contributed by atoms with E-state index in [1.807, 2.05) is 6.92 Å². The summed E-state index contributed by atoms with van der Waals surface area (Å²) in [5, 5.41) is 8.30. The monoisotopic (exact) mass is 486 g/mol. The van der Waals surface area contributed by atoms with E-state index in [1.54, 1.807) is 23.0 Å². The summed E-state index contributed by atoms with van der Waals surface area (Å²) < 4.78 is 30.0. The van der Waals surface area contributed by atoms with Crippen molar-refractivity contribution in [2.24, 2.45) is 0 Å². The molecule has 0 saturated carbocycles. The average molecular weight is 487 g/mol. The van der Waals surface area contributed by atoms with Crippen LogP contribution in [0.2, 0.25) is 0 Å². The third-order valence-electron chi connectivity index (χ3n) is 6.83. The highest BCUT2D eigenvalue weighted by molar-refractivity contribution is 5.95. The fourth-order valence-corrected chi connectivity index (χ4v) is 4.63. The van der Waals surface area contributed by atoms with Crippen molar-refractivity contribution in [3.63, 3.8) is 0 Å². The predicted molar refractivity (Wildman–Crippen MR) is 131 cm³/mol. The lowest BCUT2D eigenvalue weighted by Gasteiger charge is -2.35. The Balaban J connectivity index is 1.90. The summed E-state index contributed by atoms with van der Waals surface area (Å²) in [4.78, 5) is 28.7. The highest BCUT2D eigenvalue weighted by atomic mass is 19.3. The zero-order valence-electron chi connectivity index (χ0n) is 21.1. The van der Waals surface area contributed by atoms with Crippen LogP contribution in [0.3, 0.4) is 0 Å². The lowest BCUT2D eigenvalue weighted by molar-refractivity contribution is -0.114. The van der Waals surface area contributed by atoms with E-state index < -0.39 is 11.7 Å². The minimum atomic E-state index is -3.20. The van der Waals surface area contributed by atoms with Crippen LogP contribution >= 0.6 is 0 Å². The van der Waals surface area contributed by atoms with Crippen molar-refractivity contribution in [2.45, 2.75) is 58.4 Å². The third kappa shape index (κ3) is 4.69. The van der Waals surface area contributed by atoms with Crippen molar-refractivity contribution in [2.75, 3.05) is 37.4 Å². The number of nitrogens with one attached hydrogen (secondary N) is 1. The molecule has 0 aromatic carbocycles. The number of fused-ring (bicyclic) bond motifs is 1. The van der Waals surface area contributed by atoms with E-state index in [9.17, 15) is 13.6 Å². The molecule has 1 aliphatic rings. The first-order chi connectivity index (χ1) is 16.5. The molecule has 1 unspecified atom stereocenters. The van der Waals surface area contributed by atoms with Crippen molar-refractivity contribution in [1.82, 2.24) is 29.6 Å². The topological polar surface area (TPSA) is 92.1 Å². The molecule has 1 fully saturated rings. The molecule has 0 radical (unpaired) electrons. The standard InChI is InChI=1S/C24H32F2N8O/c1-7-16-11-20(30-22(29-16)23(4,25)26)34-18-12-19(28-15(3)35)27-13-17(18)21(31-34)33-10-9-24(8-2,14-33)32(5)6/h11-13H,7-10,14H2,1-6H3,(H,27,28,35). The predicted octanol–water partition coefficient (Wildman–Crippen LogP) is 3.76. The van der Waals surface area contributed by atoms with Crippen LogP contribution in [0.25, 0.3) is 16.7 Å². The first-order valence-corrected chi connectivity index (χ1v) is 11.8. The van der Waals surface area contributed by atoms with Crippen LogP contribution in [0.4, 0.5) is 20.4 Å². The lowest BCUT2D eigenvalue weighted by atomic mass is 9.94. The summed E-state index contributed by atoms with van der Waals surface area (Å²) in [5.41, 5.74) is 1.12. The second-order valence-electron chi connectivity index (χ2n) is 9.43. The fourth-order valence-electron chi connectivity index (χ4n) is 4.63. The maximum Gasteiger partial charge on any atom is 0.303 e. The smallest absolute Gasteiger partial charge is 0.303 e. The Morgan fingerprint density at radius 2 is 2.00 bits per heavy atom. The van der Waals surface area contributed by atoms with Crippen LogP contribution in [-0.2, 0) is 17.1 Å². The molecule has 3 aromatic rings. The number of hydrogen-bond acceptors (Lipinski definition) is 7. The number of aromatic nitrogens is 5. The quantitative estimate of drug-likeness (QED) is 0.544. The van der Waals surface area contributed by atoms with Gasteiger partial charge in [0.1, 0.15) is 5.82 Å². The molecule has 4 heterocycles. The van der Waals surface area contributed by atoms with Gasteiger partial charge in [-0.1, -0.05) is 13.8 Å². The minimum Gasteiger partial charge on any atom is -0.353 e. The Morgan fingerprint density at radius 3 is 2.57 bits per heavy atom. The SMILES string of the molecule is CCc1cc(-n2nc(N3CCC(CC)(N(C)C)C3)c3cnc(NC(C)=O)cc32)nc(C(C)(F)F)n1. The second-order valence-corrected chi connectivity index (χ2v) is 9.43. The van der Waals surface area contributed by atoms with Crippen LogP contribution in [-0.4, -0.2) is 68.3 Å². The van der Waals surface area contributed by atoms with Crippen molar-refractivity contribution in [1.29, 1.82) is 0 Å². The van der Waals surface area contributed by atoms with E-state index in [0.717, 1.165) is 38.2 Å². The summed E-state index contributed by atoms with van der Waals surface area (Å²) in [6.07, 6.45) is 4.10. The summed E-state index contributed by atoms with van der Waals surface area (Å²) in [6.45, 7) is 7.79. The van der Waals surface area contributed by atoms with Gasteiger partial charge in [-0.15, -0.1) is 5.10 Å². The minimum absolute atomic E-state index is 0.0153. The Bertz CT molecular complexity index is 1250. The molecule has 188 valence electrons. The van der Waals surface area contributed by atoms with Crippen LogP contribution in [0.15, 0.2) is 18.3 Å². The number of halogens is 2. The normalized spacial score (nSPS) is 18.6. The zero-order valence-corrected chi connectivity index (χ0v) is 21.1. The van der Waals surface area contributed by atoms with Crippen molar-refractivity contribution in [3.05, 3.63) is 29.8 Å². The fraction of sp³-hybridized carbons (Fsp3) is 0.542. The van der Waals surface area contributed by atoms with E-state index in [2.05, 4.69) is 51.1 Å². The van der Waals surface area contributed by atoms with Gasteiger partial charge in [0.15, 0.2) is 11.6 Å². The largest absolute Gasteiger partial charge is 0.353 e. The molecule has 4 rings (SSSR count). The van der Waals surface area contributed by atoms with Gasteiger partial charge in [-0.05, 0) is 33.4 Å². The first kappa shape index (κ1) is 24.9. The number of alkyl halides is 2. The number of carbonyl (C=O) groups is 1. The summed E-state index contributed by atoms with van der Waals surface area (Å²) >= 11 is 0. The number of pyridine rings is 1. The van der Waals surface area contributed by atoms with Crippen LogP contribution in [0.1, 0.15) is 52.1 Å². The van der Waals surface area contributed by atoms with Gasteiger partial charge in [-0.3, -0.25) is 4.79 Å². The molecular formula is C24H32F2N8O. The maximum atomic E-state index is 14.2. The van der Waals surface area contributed by atoms with Crippen LogP contribution in [0, 0.1) is 0 Å². The van der Waals surface area contributed by atoms with E-state index in [-0.39, 0.29) is 17.3 Å². The molecule has 1 N–H and O–H groups in total. The van der Waals surface area contributed by atoms with Gasteiger partial charge in [-0.25, -0.2) is 19.6 Å². The Labute approximate surface area is 203 Å². The van der Waals surface area contributed by atoms with Gasteiger partial charge in [-0.2, -0.15) is 8.78 Å². The summed E-state index contributed by atoms with van der Waals surface area (Å²) in [6, 6.07) is 3.36. The Kier molecular flexibility index (Phi) is 6.48. The molecule has 1 aliphatic heterocycles. The number of nitrogens with zero attached hydrogens (tertiary/aromatic N) is 7. The number of hydrogen-bond donors (Lipinski definition) is 1. The summed E-state index contributed by atoms with van der Waals surface area (Å²) in [5.74, 6) is -2.70. The molecule has 0 aliphatic carbocycles. The number of rotatable bonds is 7. The van der Waals surface area contributed by atoms with Crippen LogP contribution in [0.5, 0.6) is 0 Å². The van der Waals surface area contributed by atoms with E-state index in [0.29, 0.717) is 29.3 Å². The number of anilines is 2. The highest BCUT2D eigenvalue weighted by Crippen LogP contribution is 2.37. The first-order valence-electron chi connectivity index (χ1n) is 11.8. The molecule has 1 amide bonds. The maximum absolute atomic E-state index is 14.2. The molecular weight excluding hydrogens is 454 g/mol. The highest BCUT2D eigenvalue weighted by Gasteiger charge is 2.40. The number of likely N-dealkylation sites (N-methyl/N-ethyl adjacent to an activating group) is 1. The van der Waals surface area contributed by atoms with Gasteiger partial charge in [0.2, 0.25) is 11.7 Å². The third-order valence-corrected chi connectivity index (χ3v) is 6.83. The molecule has 1 saturated heterocycles. The lowest BCUT2D eigenvalue weighted by Crippen LogP contribution is -2.46.